The average Bonchev–Trinajstić information content (AvgIpc) is 1.51. The van der Waals surface area contributed by atoms with Gasteiger partial charge in [0.05, 0.1) is 22.0 Å². The minimum Gasteiger partial charge on any atom is -0.457 e. The van der Waals surface area contributed by atoms with E-state index in [0.717, 1.165) is 122 Å². The molecule has 3 heterocycles. The number of ether oxygens (including phenoxy) is 2. The highest BCUT2D eigenvalue weighted by Crippen LogP contribution is 2.64. The van der Waals surface area contributed by atoms with Gasteiger partial charge in [0.1, 0.15) is 23.0 Å². The minimum atomic E-state index is -3.48. The Hall–Kier alpha value is -11.8. The summed E-state index contributed by atoms with van der Waals surface area (Å²) in [5.41, 5.74) is 22.7. The molecule has 1 aromatic heterocycles. The molecule has 5 nitrogen and oxygen atoms in total. The van der Waals surface area contributed by atoms with Gasteiger partial charge in [0.15, 0.2) is 13.0 Å². The fourth-order valence-electron chi connectivity index (χ4n) is 16.0. The fraction of sp³-hybridized carbons (Fsp3) is 0.0227. The van der Waals surface area contributed by atoms with E-state index in [2.05, 4.69) is 273 Å². The van der Waals surface area contributed by atoms with Gasteiger partial charge in [-0.25, -0.2) is 9.97 Å². The summed E-state index contributed by atoms with van der Waals surface area (Å²) in [5, 5.41) is 3.26. The molecule has 0 amide bonds. The lowest BCUT2D eigenvalue weighted by Gasteiger charge is -2.39. The standard InChI is InChI=1S/C88H55N2O3P/c91-94(64-26-5-2-6-27-64,65-46-41-56(42-47-65)60-43-48-77-82(53-60)92-81-40-18-16-38-76(81)87(77)72-34-12-7-29-67(72)68-30-8-13-35-73(68)87)66-28-20-24-59(52-66)62-45-50-79-84(55-62)93-83-54-61(44-49-78(83)88(79)74-36-14-9-31-69(74)70-32-10-15-37-75(70)88)58-23-19-25-63(51-58)86-89-80-39-17-11-33-71(80)85(90-86)57-21-3-1-4-22-57/h1-55H. The first-order valence-corrected chi connectivity index (χ1v) is 33.7. The summed E-state index contributed by atoms with van der Waals surface area (Å²) >= 11 is 0. The maximum absolute atomic E-state index is 16.6. The van der Waals surface area contributed by atoms with E-state index in [1.165, 1.54) is 44.5 Å². The molecule has 19 rings (SSSR count). The molecule has 14 aromatic carbocycles. The molecule has 2 spiro atoms. The van der Waals surface area contributed by atoms with Crippen LogP contribution in [0.3, 0.4) is 0 Å². The van der Waals surface area contributed by atoms with Gasteiger partial charge in [0, 0.05) is 54.7 Å². The Kier molecular flexibility index (Phi) is 12.0. The van der Waals surface area contributed by atoms with E-state index < -0.39 is 18.0 Å². The second kappa shape index (κ2) is 20.9. The van der Waals surface area contributed by atoms with Crippen LogP contribution in [0.5, 0.6) is 23.0 Å². The van der Waals surface area contributed by atoms with Gasteiger partial charge in [-0.05, 0) is 120 Å². The van der Waals surface area contributed by atoms with E-state index in [1.807, 2.05) is 60.7 Å². The van der Waals surface area contributed by atoms with Gasteiger partial charge >= 0.3 is 0 Å². The van der Waals surface area contributed by atoms with Crippen molar-refractivity contribution in [1.29, 1.82) is 0 Å². The number of fused-ring (bicyclic) bond motifs is 19. The molecular formula is C88H55N2O3P. The second-order valence-corrected chi connectivity index (χ2v) is 27.7. The number of para-hydroxylation sites is 2. The Morgan fingerprint density at radius 1 is 0.255 bits per heavy atom. The Labute approximate surface area is 545 Å². The third kappa shape index (κ3) is 7.86. The topological polar surface area (TPSA) is 61.3 Å². The van der Waals surface area contributed by atoms with Crippen LogP contribution < -0.4 is 25.4 Å². The fourth-order valence-corrected chi connectivity index (χ4v) is 18.7. The molecule has 1 atom stereocenters. The molecular weight excluding hydrogens is 1160 g/mol. The summed E-state index contributed by atoms with van der Waals surface area (Å²) < 4.78 is 30.8. The largest absolute Gasteiger partial charge is 0.457 e. The molecule has 0 fully saturated rings. The molecule has 0 radical (unpaired) electrons. The van der Waals surface area contributed by atoms with Crippen molar-refractivity contribution in [2.45, 2.75) is 10.8 Å². The van der Waals surface area contributed by atoms with Crippen molar-refractivity contribution >= 4 is 34.0 Å². The second-order valence-electron chi connectivity index (χ2n) is 24.9. The van der Waals surface area contributed by atoms with Crippen LogP contribution in [0.2, 0.25) is 0 Å². The van der Waals surface area contributed by atoms with E-state index in [4.69, 9.17) is 19.4 Å². The monoisotopic (exact) mass is 1220 g/mol. The normalized spacial score (nSPS) is 14.2. The first-order valence-electron chi connectivity index (χ1n) is 32.0. The number of hydrogen-bond donors (Lipinski definition) is 0. The molecule has 0 saturated heterocycles. The van der Waals surface area contributed by atoms with E-state index >= 15 is 4.57 Å². The van der Waals surface area contributed by atoms with Gasteiger partial charge in [-0.2, -0.15) is 0 Å². The number of rotatable bonds is 8. The summed E-state index contributed by atoms with van der Waals surface area (Å²) in [6, 6.07) is 117. The van der Waals surface area contributed by atoms with Gasteiger partial charge < -0.3 is 14.0 Å². The van der Waals surface area contributed by atoms with Crippen molar-refractivity contribution in [3.05, 3.63) is 378 Å². The summed E-state index contributed by atoms with van der Waals surface area (Å²) in [7, 11) is -3.48. The Morgan fingerprint density at radius 3 is 1.21 bits per heavy atom. The molecule has 4 aliphatic rings. The van der Waals surface area contributed by atoms with Crippen molar-refractivity contribution in [3.63, 3.8) is 0 Å². The molecule has 440 valence electrons. The number of hydrogen-bond acceptors (Lipinski definition) is 5. The molecule has 1 unspecified atom stereocenters. The Balaban J connectivity index is 0.699. The molecule has 0 N–H and O–H groups in total. The van der Waals surface area contributed by atoms with Crippen molar-refractivity contribution in [3.8, 4) is 101 Å². The summed E-state index contributed by atoms with van der Waals surface area (Å²) in [5.74, 6) is 3.87. The third-order valence-electron chi connectivity index (χ3n) is 20.1. The van der Waals surface area contributed by atoms with Crippen molar-refractivity contribution in [1.82, 2.24) is 9.97 Å². The SMILES string of the molecule is O=P(c1ccccc1)(c1ccc(-c2ccc3c(c2)Oc2ccccc2C32c3ccccc3-c3ccccc32)cc1)c1cccc(-c2ccc3c(c2)Oc2cc(-c4cccc(-c5nc(-c6ccccc6)c6ccccc6n5)c4)ccc2C32c3ccccc3-c3ccccc32)c1. The summed E-state index contributed by atoms with van der Waals surface area (Å²) in [6.07, 6.45) is 0. The summed E-state index contributed by atoms with van der Waals surface area (Å²) in [4.78, 5) is 10.4. The molecule has 2 aliphatic heterocycles. The zero-order chi connectivity index (χ0) is 62.1. The smallest absolute Gasteiger partial charge is 0.171 e. The third-order valence-corrected chi connectivity index (χ3v) is 23.2. The zero-order valence-electron chi connectivity index (χ0n) is 50.8. The predicted molar refractivity (Wildman–Crippen MR) is 381 cm³/mol. The van der Waals surface area contributed by atoms with E-state index in [0.29, 0.717) is 5.82 Å². The van der Waals surface area contributed by atoms with Gasteiger partial charge in [-0.1, -0.05) is 291 Å². The van der Waals surface area contributed by atoms with Crippen molar-refractivity contribution < 1.29 is 14.0 Å². The first kappa shape index (κ1) is 54.0. The van der Waals surface area contributed by atoms with Gasteiger partial charge in [0.2, 0.25) is 0 Å². The average molecular weight is 1220 g/mol. The molecule has 15 aromatic rings. The number of benzene rings is 14. The Bertz CT molecular complexity index is 5590. The highest BCUT2D eigenvalue weighted by atomic mass is 31.2. The van der Waals surface area contributed by atoms with Gasteiger partial charge in [-0.15, -0.1) is 0 Å². The van der Waals surface area contributed by atoms with Crippen molar-refractivity contribution in [2.24, 2.45) is 0 Å². The number of nitrogens with zero attached hydrogens (tertiary/aromatic N) is 2. The molecule has 94 heavy (non-hydrogen) atoms. The Morgan fingerprint density at radius 2 is 0.638 bits per heavy atom. The molecule has 0 bridgehead atoms. The van der Waals surface area contributed by atoms with Gasteiger partial charge in [-0.3, -0.25) is 0 Å². The number of aromatic nitrogens is 2. The van der Waals surface area contributed by atoms with Crippen LogP contribution in [-0.2, 0) is 15.4 Å². The maximum Gasteiger partial charge on any atom is 0.171 e. The lowest BCUT2D eigenvalue weighted by molar-refractivity contribution is 0.436. The van der Waals surface area contributed by atoms with Crippen LogP contribution in [0.1, 0.15) is 44.5 Å². The molecule has 6 heteroatoms. The van der Waals surface area contributed by atoms with Crippen LogP contribution in [0.4, 0.5) is 0 Å². The van der Waals surface area contributed by atoms with E-state index in [9.17, 15) is 0 Å². The lowest BCUT2D eigenvalue weighted by atomic mass is 9.65. The van der Waals surface area contributed by atoms with E-state index in [1.54, 1.807) is 0 Å². The van der Waals surface area contributed by atoms with Crippen LogP contribution in [-0.4, -0.2) is 9.97 Å². The van der Waals surface area contributed by atoms with Crippen LogP contribution in [0.15, 0.2) is 334 Å². The molecule has 2 aliphatic carbocycles. The van der Waals surface area contributed by atoms with Crippen LogP contribution in [0.25, 0.3) is 89.2 Å². The van der Waals surface area contributed by atoms with E-state index in [-0.39, 0.29) is 0 Å². The van der Waals surface area contributed by atoms with Crippen LogP contribution in [0, 0.1) is 0 Å². The van der Waals surface area contributed by atoms with Gasteiger partial charge in [0.25, 0.3) is 0 Å². The summed E-state index contributed by atoms with van der Waals surface area (Å²) in [6.45, 7) is 0. The van der Waals surface area contributed by atoms with Crippen LogP contribution >= 0.6 is 7.14 Å². The highest BCUT2D eigenvalue weighted by molar-refractivity contribution is 7.85. The molecule has 0 saturated carbocycles. The minimum absolute atomic E-state index is 0.547. The zero-order valence-corrected chi connectivity index (χ0v) is 51.7. The highest BCUT2D eigenvalue weighted by Gasteiger charge is 2.53. The predicted octanol–water partition coefficient (Wildman–Crippen LogP) is 20.5. The van der Waals surface area contributed by atoms with Crippen molar-refractivity contribution in [2.75, 3.05) is 0 Å². The maximum atomic E-state index is 16.6. The first-order chi connectivity index (χ1) is 46.4. The quantitative estimate of drug-likeness (QED) is 0.142. The lowest BCUT2D eigenvalue weighted by Crippen LogP contribution is -2.32.